The van der Waals surface area contributed by atoms with E-state index in [9.17, 15) is 0 Å². The van der Waals surface area contributed by atoms with Gasteiger partial charge in [-0.2, -0.15) is 0 Å². The standard InChI is InChI=1S/C51H35IN2S2Si/c1-57(2,3)33-31-35-16-20-39(21-17-35)51-43-25-23-41(54-43)49(37-12-8-5-9-13-37)44-26-28-46(55-44)50(38-18-14-34(15-19-38)30-32-52)42-24-22-40(53-42)48(36-10-6-4-7-11-36)45-27-29-47(51)56-45/h4-29H,1-3H3. The smallest absolute Gasteiger partial charge is 0.129 e. The molecule has 0 amide bonds. The number of aromatic nitrogens is 2. The van der Waals surface area contributed by atoms with Crippen LogP contribution in [0.15, 0.2) is 133 Å². The van der Waals surface area contributed by atoms with E-state index in [2.05, 4.69) is 221 Å². The van der Waals surface area contributed by atoms with E-state index in [0.29, 0.717) is 0 Å². The summed E-state index contributed by atoms with van der Waals surface area (Å²) in [6.45, 7) is 6.83. The van der Waals surface area contributed by atoms with Crippen LogP contribution < -0.4 is 0 Å². The summed E-state index contributed by atoms with van der Waals surface area (Å²) in [5.41, 5.74) is 18.2. The van der Waals surface area contributed by atoms with Gasteiger partial charge in [-0.15, -0.1) is 28.2 Å². The van der Waals surface area contributed by atoms with Gasteiger partial charge in [0.15, 0.2) is 0 Å². The van der Waals surface area contributed by atoms with Crippen molar-refractivity contribution >= 4 is 96.4 Å². The van der Waals surface area contributed by atoms with E-state index in [4.69, 9.17) is 9.97 Å². The molecule has 0 fully saturated rings. The fraction of sp³-hybridized carbons (Fsp3) is 0.0588. The highest BCUT2D eigenvalue weighted by atomic mass is 127. The molecule has 0 saturated heterocycles. The molecular weight excluding hydrogens is 860 g/mol. The molecule has 0 atom stereocenters. The van der Waals surface area contributed by atoms with Crippen LogP contribution in [0.3, 0.4) is 0 Å². The molecule has 0 radical (unpaired) electrons. The molecular formula is C51H35IN2S2Si. The SMILES string of the molecule is C[Si](C)(C)C#Cc1ccc(-c2c3nc(c(-c4ccccc4)c4ccc(s4)c(-c4ccc(C#CI)cc4)c4nc(c(-c5ccccc5)c5ccc2s5)C=C4)C=C3)cc1. The molecule has 272 valence electrons. The molecule has 7 aromatic rings. The van der Waals surface area contributed by atoms with Gasteiger partial charge < -0.3 is 0 Å². The van der Waals surface area contributed by atoms with Crippen LogP contribution >= 0.6 is 45.3 Å². The van der Waals surface area contributed by atoms with Gasteiger partial charge in [-0.1, -0.05) is 116 Å². The minimum absolute atomic E-state index is 0.933. The molecule has 0 saturated carbocycles. The van der Waals surface area contributed by atoms with Crippen molar-refractivity contribution in [3.05, 3.63) is 167 Å². The Morgan fingerprint density at radius 1 is 0.421 bits per heavy atom. The third-order valence-corrected chi connectivity index (χ3v) is 13.1. The Labute approximate surface area is 356 Å². The molecule has 0 unspecified atom stereocenters. The molecule has 2 nitrogen and oxygen atoms in total. The van der Waals surface area contributed by atoms with E-state index in [0.717, 1.165) is 97.2 Å². The summed E-state index contributed by atoms with van der Waals surface area (Å²) in [5, 5.41) is 0. The zero-order chi connectivity index (χ0) is 38.9. The lowest BCUT2D eigenvalue weighted by Gasteiger charge is -2.07. The number of thiophene rings is 2. The number of halogens is 1. The molecule has 2 aliphatic rings. The van der Waals surface area contributed by atoms with Crippen molar-refractivity contribution in [3.8, 4) is 65.8 Å². The van der Waals surface area contributed by atoms with Gasteiger partial charge in [0, 0.05) is 74.8 Å². The quantitative estimate of drug-likeness (QED) is 0.0999. The number of hydrogen-bond acceptors (Lipinski definition) is 4. The molecule has 9 rings (SSSR count). The Morgan fingerprint density at radius 2 is 0.754 bits per heavy atom. The maximum Gasteiger partial charge on any atom is 0.129 e. The van der Waals surface area contributed by atoms with Crippen molar-refractivity contribution in [3.63, 3.8) is 0 Å². The minimum Gasteiger partial charge on any atom is -0.248 e. The van der Waals surface area contributed by atoms with Crippen LogP contribution in [-0.2, 0) is 0 Å². The van der Waals surface area contributed by atoms with E-state index in [1.165, 1.54) is 0 Å². The molecule has 6 heteroatoms. The number of hydrogen-bond donors (Lipinski definition) is 0. The van der Waals surface area contributed by atoms with Gasteiger partial charge in [0.1, 0.15) is 8.07 Å². The van der Waals surface area contributed by atoms with Crippen molar-refractivity contribution in [2.45, 2.75) is 19.6 Å². The molecule has 8 bridgehead atoms. The molecule has 4 aromatic carbocycles. The van der Waals surface area contributed by atoms with Gasteiger partial charge in [0.2, 0.25) is 0 Å². The molecule has 2 aliphatic heterocycles. The van der Waals surface area contributed by atoms with Crippen LogP contribution in [-0.4, -0.2) is 18.0 Å². The van der Waals surface area contributed by atoms with Crippen LogP contribution in [0.1, 0.15) is 33.9 Å². The number of benzene rings is 4. The summed E-state index contributed by atoms with van der Waals surface area (Å²) < 4.78 is 7.58. The Bertz CT molecular complexity index is 3000. The largest absolute Gasteiger partial charge is 0.248 e. The van der Waals surface area contributed by atoms with Crippen LogP contribution in [0.25, 0.3) is 87.6 Å². The summed E-state index contributed by atoms with van der Waals surface area (Å²) in [6.07, 6.45) is 8.72. The maximum absolute atomic E-state index is 5.48. The van der Waals surface area contributed by atoms with Crippen molar-refractivity contribution < 1.29 is 0 Å². The molecule has 57 heavy (non-hydrogen) atoms. The molecule has 0 aliphatic carbocycles. The van der Waals surface area contributed by atoms with E-state index in [1.807, 2.05) is 0 Å². The Kier molecular flexibility index (Phi) is 10.2. The first-order valence-corrected chi connectivity index (χ1v) is 25.0. The summed E-state index contributed by atoms with van der Waals surface area (Å²) in [6, 6.07) is 47.5. The minimum atomic E-state index is -1.51. The third-order valence-electron chi connectivity index (χ3n) is 9.75. The predicted molar refractivity (Wildman–Crippen MR) is 259 cm³/mol. The van der Waals surface area contributed by atoms with Gasteiger partial charge >= 0.3 is 0 Å². The van der Waals surface area contributed by atoms with E-state index in [-0.39, 0.29) is 0 Å². The summed E-state index contributed by atoms with van der Waals surface area (Å²) >= 11 is 5.66. The first-order chi connectivity index (χ1) is 27.8. The highest BCUT2D eigenvalue weighted by Crippen LogP contribution is 2.43. The monoisotopic (exact) mass is 894 g/mol. The molecule has 0 N–H and O–H groups in total. The second-order valence-electron chi connectivity index (χ2n) is 14.9. The van der Waals surface area contributed by atoms with Crippen LogP contribution in [0.4, 0.5) is 0 Å². The third kappa shape index (κ3) is 7.75. The molecule has 3 aromatic heterocycles. The molecule has 5 heterocycles. The van der Waals surface area contributed by atoms with Crippen LogP contribution in [0.5, 0.6) is 0 Å². The van der Waals surface area contributed by atoms with E-state index in [1.54, 1.807) is 22.7 Å². The van der Waals surface area contributed by atoms with E-state index < -0.39 is 8.07 Å². The fourth-order valence-corrected chi connectivity index (χ4v) is 10.3. The summed E-state index contributed by atoms with van der Waals surface area (Å²) in [4.78, 5) is 10.9. The van der Waals surface area contributed by atoms with Crippen molar-refractivity contribution in [2.75, 3.05) is 0 Å². The highest BCUT2D eigenvalue weighted by molar-refractivity contribution is 14.1. The summed E-state index contributed by atoms with van der Waals surface area (Å²) in [5.74, 6) is 6.63. The van der Waals surface area contributed by atoms with Crippen molar-refractivity contribution in [1.82, 2.24) is 9.97 Å². The van der Waals surface area contributed by atoms with Gasteiger partial charge in [0.05, 0.1) is 22.8 Å². The van der Waals surface area contributed by atoms with Crippen molar-refractivity contribution in [2.24, 2.45) is 0 Å². The van der Waals surface area contributed by atoms with Gasteiger partial charge in [0.25, 0.3) is 0 Å². The first kappa shape index (κ1) is 37.0. The normalized spacial score (nSPS) is 11.8. The number of fused-ring (bicyclic) bond motifs is 8. The Hall–Kier alpha value is -5.61. The average molecular weight is 895 g/mol. The second-order valence-corrected chi connectivity index (χ2v) is 22.3. The topological polar surface area (TPSA) is 25.8 Å². The van der Waals surface area contributed by atoms with Gasteiger partial charge in [-0.05, 0) is 99.0 Å². The fourth-order valence-electron chi connectivity index (χ4n) is 7.12. The lowest BCUT2D eigenvalue weighted by molar-refractivity contribution is 1.33. The lowest BCUT2D eigenvalue weighted by Crippen LogP contribution is -2.16. The van der Waals surface area contributed by atoms with Gasteiger partial charge in [-0.3, -0.25) is 0 Å². The number of rotatable bonds is 4. The first-order valence-electron chi connectivity index (χ1n) is 18.8. The molecule has 0 spiro atoms. The van der Waals surface area contributed by atoms with Gasteiger partial charge in [-0.25, -0.2) is 9.97 Å². The van der Waals surface area contributed by atoms with E-state index >= 15 is 0 Å². The Balaban J connectivity index is 1.40. The van der Waals surface area contributed by atoms with Crippen LogP contribution in [0, 0.1) is 21.3 Å². The van der Waals surface area contributed by atoms with Crippen molar-refractivity contribution in [1.29, 1.82) is 0 Å². The zero-order valence-electron chi connectivity index (χ0n) is 31.6. The highest BCUT2D eigenvalue weighted by Gasteiger charge is 2.19. The number of nitrogens with zero attached hydrogens (tertiary/aromatic N) is 2. The zero-order valence-corrected chi connectivity index (χ0v) is 36.4. The predicted octanol–water partition coefficient (Wildman–Crippen LogP) is 14.8. The van der Waals surface area contributed by atoms with Crippen LogP contribution in [0.2, 0.25) is 19.6 Å². The Morgan fingerprint density at radius 3 is 1.09 bits per heavy atom. The maximum atomic E-state index is 5.48. The summed E-state index contributed by atoms with van der Waals surface area (Å²) in [7, 11) is -1.51. The average Bonchev–Trinajstić information content (AvgIpc) is 4.07. The lowest BCUT2D eigenvalue weighted by atomic mass is 10.0. The second kappa shape index (κ2) is 15.7.